The monoisotopic (exact) mass is 289 g/mol. The number of Topliss-reactive ketones (excluding diaryl/α,β-unsaturated/α-hetero) is 1. The normalized spacial score (nSPS) is 11.8. The summed E-state index contributed by atoms with van der Waals surface area (Å²) in [4.78, 5) is 19.9. The maximum atomic E-state index is 12.2. The van der Waals surface area contributed by atoms with Gasteiger partial charge >= 0.3 is 0 Å². The van der Waals surface area contributed by atoms with E-state index >= 15 is 0 Å². The molecule has 0 unspecified atom stereocenters. The van der Waals surface area contributed by atoms with E-state index in [4.69, 9.17) is 5.11 Å². The number of benzene rings is 1. The van der Waals surface area contributed by atoms with Crippen LogP contribution < -0.4 is 5.32 Å². The molecule has 0 saturated heterocycles. The van der Waals surface area contributed by atoms with Gasteiger partial charge in [0.25, 0.3) is 0 Å². The number of imidazole rings is 1. The molecule has 0 radical (unpaired) electrons. The summed E-state index contributed by atoms with van der Waals surface area (Å²) in [6.07, 6.45) is 1.06. The van der Waals surface area contributed by atoms with Crippen molar-refractivity contribution in [1.82, 2.24) is 9.97 Å². The van der Waals surface area contributed by atoms with Crippen LogP contribution in [0.25, 0.3) is 11.0 Å². The van der Waals surface area contributed by atoms with Gasteiger partial charge in [-0.15, -0.1) is 0 Å². The molecule has 0 saturated carbocycles. The Hall–Kier alpha value is -1.88. The maximum absolute atomic E-state index is 12.2. The Bertz CT molecular complexity index is 626. The fourth-order valence-corrected chi connectivity index (χ4v) is 2.04. The maximum Gasteiger partial charge on any atom is 0.201 e. The number of nitrogens with zero attached hydrogens (tertiary/aromatic N) is 1. The summed E-state index contributed by atoms with van der Waals surface area (Å²) in [6.45, 7) is 6.61. The highest BCUT2D eigenvalue weighted by atomic mass is 16.3. The number of aromatic nitrogens is 2. The van der Waals surface area contributed by atoms with Crippen molar-refractivity contribution in [3.8, 4) is 0 Å². The molecule has 0 amide bonds. The third-order valence-corrected chi connectivity index (χ3v) is 3.41. The first kappa shape index (κ1) is 15.5. The van der Waals surface area contributed by atoms with Crippen molar-refractivity contribution >= 4 is 22.8 Å². The SMILES string of the molecule is CC(C)(C)C(=O)Cc1cccc2[nH]c(NCCCO)nc12. The van der Waals surface area contributed by atoms with Gasteiger partial charge in [-0.25, -0.2) is 4.98 Å². The Morgan fingerprint density at radius 2 is 2.14 bits per heavy atom. The van der Waals surface area contributed by atoms with Gasteiger partial charge in [0.2, 0.25) is 5.95 Å². The number of aliphatic hydroxyl groups excluding tert-OH is 1. The summed E-state index contributed by atoms with van der Waals surface area (Å²) >= 11 is 0. The summed E-state index contributed by atoms with van der Waals surface area (Å²) in [5, 5.41) is 11.9. The van der Waals surface area contributed by atoms with Crippen LogP contribution in [0.4, 0.5) is 5.95 Å². The van der Waals surface area contributed by atoms with Gasteiger partial charge in [0.15, 0.2) is 0 Å². The van der Waals surface area contributed by atoms with E-state index in [0.717, 1.165) is 16.6 Å². The number of anilines is 1. The highest BCUT2D eigenvalue weighted by molar-refractivity contribution is 5.90. The molecule has 0 atom stereocenters. The minimum Gasteiger partial charge on any atom is -0.396 e. The quantitative estimate of drug-likeness (QED) is 0.714. The molecule has 2 rings (SSSR count). The van der Waals surface area contributed by atoms with Crippen LogP contribution in [0.5, 0.6) is 0 Å². The minimum absolute atomic E-state index is 0.151. The van der Waals surface area contributed by atoms with Crippen molar-refractivity contribution in [3.63, 3.8) is 0 Å². The van der Waals surface area contributed by atoms with E-state index in [2.05, 4.69) is 15.3 Å². The topological polar surface area (TPSA) is 78.0 Å². The smallest absolute Gasteiger partial charge is 0.201 e. The number of aliphatic hydroxyl groups is 1. The van der Waals surface area contributed by atoms with Crippen LogP contribution in [0.2, 0.25) is 0 Å². The number of para-hydroxylation sites is 1. The van der Waals surface area contributed by atoms with Crippen LogP contribution in [0.1, 0.15) is 32.8 Å². The molecule has 21 heavy (non-hydrogen) atoms. The Morgan fingerprint density at radius 1 is 1.38 bits per heavy atom. The highest BCUT2D eigenvalue weighted by Gasteiger charge is 2.22. The first-order chi connectivity index (χ1) is 9.91. The van der Waals surface area contributed by atoms with Gasteiger partial charge in [-0.3, -0.25) is 4.79 Å². The fraction of sp³-hybridized carbons (Fsp3) is 0.500. The molecular weight excluding hydrogens is 266 g/mol. The number of H-pyrrole nitrogens is 1. The molecule has 0 bridgehead atoms. The summed E-state index contributed by atoms with van der Waals surface area (Å²) in [7, 11) is 0. The van der Waals surface area contributed by atoms with Crippen molar-refractivity contribution in [2.75, 3.05) is 18.5 Å². The lowest BCUT2D eigenvalue weighted by Crippen LogP contribution is -2.22. The number of rotatable bonds is 6. The third-order valence-electron chi connectivity index (χ3n) is 3.41. The third kappa shape index (κ3) is 3.82. The molecule has 5 heteroatoms. The molecule has 0 aliphatic heterocycles. The van der Waals surface area contributed by atoms with Crippen LogP contribution >= 0.6 is 0 Å². The Balaban J connectivity index is 2.22. The van der Waals surface area contributed by atoms with E-state index in [-0.39, 0.29) is 17.8 Å². The summed E-state index contributed by atoms with van der Waals surface area (Å²) in [5.41, 5.74) is 2.35. The van der Waals surface area contributed by atoms with Crippen LogP contribution in [-0.2, 0) is 11.2 Å². The van der Waals surface area contributed by atoms with E-state index < -0.39 is 0 Å². The number of carbonyl (C=O) groups excluding carboxylic acids is 1. The second kappa shape index (κ2) is 6.26. The second-order valence-corrected chi connectivity index (χ2v) is 6.25. The Kier molecular flexibility index (Phi) is 4.63. The van der Waals surface area contributed by atoms with E-state index in [1.165, 1.54) is 0 Å². The van der Waals surface area contributed by atoms with E-state index in [1.54, 1.807) is 0 Å². The first-order valence-corrected chi connectivity index (χ1v) is 7.27. The first-order valence-electron chi connectivity index (χ1n) is 7.27. The van der Waals surface area contributed by atoms with Gasteiger partial charge in [0.05, 0.1) is 11.0 Å². The van der Waals surface area contributed by atoms with Crippen LogP contribution in [0.15, 0.2) is 18.2 Å². The average Bonchev–Trinajstić information content (AvgIpc) is 2.82. The van der Waals surface area contributed by atoms with Crippen LogP contribution in [0.3, 0.4) is 0 Å². The van der Waals surface area contributed by atoms with Crippen LogP contribution in [-0.4, -0.2) is 34.0 Å². The van der Waals surface area contributed by atoms with Gasteiger partial charge < -0.3 is 15.4 Å². The predicted octanol–water partition coefficient (Wildman–Crippen LogP) is 2.51. The van der Waals surface area contributed by atoms with Crippen molar-refractivity contribution in [2.45, 2.75) is 33.6 Å². The molecular formula is C16H23N3O2. The molecule has 2 aromatic rings. The number of ketones is 1. The summed E-state index contributed by atoms with van der Waals surface area (Å²) in [6, 6.07) is 5.83. The van der Waals surface area contributed by atoms with Gasteiger partial charge in [-0.1, -0.05) is 32.9 Å². The standard InChI is InChI=1S/C16H23N3O2/c1-16(2,3)13(21)10-11-6-4-7-12-14(11)19-15(18-12)17-8-5-9-20/h4,6-7,20H,5,8-10H2,1-3H3,(H2,17,18,19). The molecule has 1 aromatic heterocycles. The number of aromatic amines is 1. The number of nitrogens with one attached hydrogen (secondary N) is 2. The zero-order valence-electron chi connectivity index (χ0n) is 12.9. The fourth-order valence-electron chi connectivity index (χ4n) is 2.04. The summed E-state index contributed by atoms with van der Waals surface area (Å²) in [5.74, 6) is 0.877. The highest BCUT2D eigenvalue weighted by Crippen LogP contribution is 2.23. The van der Waals surface area contributed by atoms with Gasteiger partial charge in [0, 0.05) is 25.0 Å². The van der Waals surface area contributed by atoms with Gasteiger partial charge in [-0.2, -0.15) is 0 Å². The second-order valence-electron chi connectivity index (χ2n) is 6.25. The van der Waals surface area contributed by atoms with Crippen LogP contribution in [0, 0.1) is 5.41 Å². The zero-order valence-corrected chi connectivity index (χ0v) is 12.9. The molecule has 5 nitrogen and oxygen atoms in total. The molecule has 0 spiro atoms. The average molecular weight is 289 g/mol. The van der Waals surface area contributed by atoms with Crippen molar-refractivity contribution in [3.05, 3.63) is 23.8 Å². The molecule has 114 valence electrons. The largest absolute Gasteiger partial charge is 0.396 e. The van der Waals surface area contributed by atoms with E-state index in [1.807, 2.05) is 39.0 Å². The predicted molar refractivity (Wildman–Crippen MR) is 84.5 cm³/mol. The Morgan fingerprint density at radius 3 is 2.81 bits per heavy atom. The van der Waals surface area contributed by atoms with Crippen molar-refractivity contribution in [2.24, 2.45) is 5.41 Å². The van der Waals surface area contributed by atoms with E-state index in [9.17, 15) is 4.79 Å². The molecule has 3 N–H and O–H groups in total. The van der Waals surface area contributed by atoms with E-state index in [0.29, 0.717) is 25.3 Å². The molecule has 0 aliphatic carbocycles. The minimum atomic E-state index is -0.347. The number of carbonyl (C=O) groups is 1. The Labute approximate surface area is 124 Å². The zero-order chi connectivity index (χ0) is 15.5. The lowest BCUT2D eigenvalue weighted by Gasteiger charge is -2.16. The van der Waals surface area contributed by atoms with Gasteiger partial charge in [0.1, 0.15) is 5.78 Å². The van der Waals surface area contributed by atoms with Gasteiger partial charge in [-0.05, 0) is 18.1 Å². The lowest BCUT2D eigenvalue weighted by molar-refractivity contribution is -0.125. The van der Waals surface area contributed by atoms with Crippen molar-refractivity contribution in [1.29, 1.82) is 0 Å². The lowest BCUT2D eigenvalue weighted by atomic mass is 9.87. The molecule has 1 aromatic carbocycles. The molecule has 1 heterocycles. The summed E-state index contributed by atoms with van der Waals surface area (Å²) < 4.78 is 0. The molecule has 0 fully saturated rings. The number of fused-ring (bicyclic) bond motifs is 1. The molecule has 0 aliphatic rings. The number of hydrogen-bond acceptors (Lipinski definition) is 4. The number of hydrogen-bond donors (Lipinski definition) is 3. The van der Waals surface area contributed by atoms with Crippen molar-refractivity contribution < 1.29 is 9.90 Å².